The van der Waals surface area contributed by atoms with Crippen molar-refractivity contribution in [2.75, 3.05) is 11.6 Å². The van der Waals surface area contributed by atoms with E-state index in [1.807, 2.05) is 0 Å². The third kappa shape index (κ3) is 5.67. The molecule has 5 nitrogen and oxygen atoms in total. The van der Waals surface area contributed by atoms with Gasteiger partial charge in [-0.05, 0) is 55.0 Å². The molecule has 0 saturated carbocycles. The van der Waals surface area contributed by atoms with Crippen molar-refractivity contribution in [3.8, 4) is 0 Å². The Morgan fingerprint density at radius 2 is 1.59 bits per heavy atom. The minimum absolute atomic E-state index is 0.176. The van der Waals surface area contributed by atoms with Crippen LogP contribution in [0.1, 0.15) is 34.5 Å². The van der Waals surface area contributed by atoms with Gasteiger partial charge in [-0.15, -0.1) is 0 Å². The van der Waals surface area contributed by atoms with Crippen molar-refractivity contribution in [3.05, 3.63) is 89.5 Å². The number of halogens is 3. The molecule has 0 heterocycles. The van der Waals surface area contributed by atoms with Gasteiger partial charge >= 0.3 is 6.18 Å². The average Bonchev–Trinajstić information content (AvgIpc) is 2.73. The zero-order valence-corrected chi connectivity index (χ0v) is 18.1. The lowest BCUT2D eigenvalue weighted by Crippen LogP contribution is -2.27. The summed E-state index contributed by atoms with van der Waals surface area (Å²) in [5.41, 5.74) is 0.711. The van der Waals surface area contributed by atoms with Gasteiger partial charge in [0.05, 0.1) is 27.8 Å². The van der Waals surface area contributed by atoms with Crippen LogP contribution in [0, 0.1) is 0 Å². The van der Waals surface area contributed by atoms with Crippen molar-refractivity contribution >= 4 is 27.1 Å². The minimum atomic E-state index is -4.48. The van der Waals surface area contributed by atoms with Gasteiger partial charge in [-0.3, -0.25) is 4.79 Å². The van der Waals surface area contributed by atoms with Crippen LogP contribution in [0.2, 0.25) is 0 Å². The summed E-state index contributed by atoms with van der Waals surface area (Å²) in [5, 5.41) is 5.70. The Morgan fingerprint density at radius 1 is 0.938 bits per heavy atom. The molecule has 0 fully saturated rings. The highest BCUT2D eigenvalue weighted by molar-refractivity contribution is 7.90. The van der Waals surface area contributed by atoms with E-state index in [9.17, 15) is 26.4 Å². The number of hydrogen-bond acceptors (Lipinski definition) is 4. The van der Waals surface area contributed by atoms with Crippen LogP contribution >= 0.6 is 0 Å². The van der Waals surface area contributed by atoms with E-state index < -0.39 is 33.5 Å². The van der Waals surface area contributed by atoms with Gasteiger partial charge in [0.25, 0.3) is 5.91 Å². The summed E-state index contributed by atoms with van der Waals surface area (Å²) < 4.78 is 62.2. The van der Waals surface area contributed by atoms with E-state index in [1.165, 1.54) is 24.3 Å². The van der Waals surface area contributed by atoms with Crippen molar-refractivity contribution in [3.63, 3.8) is 0 Å². The fraction of sp³-hybridized carbons (Fsp3) is 0.174. The zero-order valence-electron chi connectivity index (χ0n) is 17.3. The number of rotatable bonds is 6. The van der Waals surface area contributed by atoms with E-state index in [2.05, 4.69) is 10.6 Å². The standard InChI is InChI=1S/C23H21F3N2O3S/c1-15(16-10-12-19(13-11-16)32(2,30)31)27-22(29)20-8-3-4-9-21(20)28-18-7-5-6-17(14-18)23(24,25)26/h3-15,28H,1-2H3,(H,27,29). The fourth-order valence-electron chi connectivity index (χ4n) is 3.08. The van der Waals surface area contributed by atoms with E-state index in [-0.39, 0.29) is 16.1 Å². The molecule has 0 aromatic heterocycles. The highest BCUT2D eigenvalue weighted by Gasteiger charge is 2.30. The van der Waals surface area contributed by atoms with E-state index >= 15 is 0 Å². The summed E-state index contributed by atoms with van der Waals surface area (Å²) >= 11 is 0. The monoisotopic (exact) mass is 462 g/mol. The number of carbonyl (C=O) groups excluding carboxylic acids is 1. The topological polar surface area (TPSA) is 75.3 Å². The van der Waals surface area contributed by atoms with Crippen molar-refractivity contribution in [2.24, 2.45) is 0 Å². The highest BCUT2D eigenvalue weighted by Crippen LogP contribution is 2.32. The largest absolute Gasteiger partial charge is 0.416 e. The van der Waals surface area contributed by atoms with Crippen molar-refractivity contribution < 1.29 is 26.4 Å². The van der Waals surface area contributed by atoms with Crippen LogP contribution in [0.4, 0.5) is 24.5 Å². The molecule has 0 aliphatic carbocycles. The molecular formula is C23H21F3N2O3S. The number of nitrogens with one attached hydrogen (secondary N) is 2. The quantitative estimate of drug-likeness (QED) is 0.518. The summed E-state index contributed by atoms with van der Waals surface area (Å²) in [6.45, 7) is 1.75. The molecule has 9 heteroatoms. The second-order valence-electron chi connectivity index (χ2n) is 7.29. The molecule has 0 spiro atoms. The van der Waals surface area contributed by atoms with E-state index in [1.54, 1.807) is 43.3 Å². The van der Waals surface area contributed by atoms with Crippen LogP contribution < -0.4 is 10.6 Å². The Bertz CT molecular complexity index is 1220. The predicted molar refractivity (Wildman–Crippen MR) is 117 cm³/mol. The van der Waals surface area contributed by atoms with Gasteiger partial charge < -0.3 is 10.6 Å². The highest BCUT2D eigenvalue weighted by atomic mass is 32.2. The number of amides is 1. The van der Waals surface area contributed by atoms with Crippen LogP contribution in [0.3, 0.4) is 0 Å². The first-order valence-electron chi connectivity index (χ1n) is 9.59. The van der Waals surface area contributed by atoms with Gasteiger partial charge in [0, 0.05) is 11.9 Å². The molecule has 0 bridgehead atoms. The third-order valence-electron chi connectivity index (χ3n) is 4.80. The summed E-state index contributed by atoms with van der Waals surface area (Å²) in [4.78, 5) is 13.0. The summed E-state index contributed by atoms with van der Waals surface area (Å²) in [5.74, 6) is -0.431. The van der Waals surface area contributed by atoms with Gasteiger partial charge in [0.15, 0.2) is 9.84 Å². The lowest BCUT2D eigenvalue weighted by atomic mass is 10.1. The molecule has 1 amide bonds. The maximum absolute atomic E-state index is 13.0. The van der Waals surface area contributed by atoms with Crippen LogP contribution in [-0.2, 0) is 16.0 Å². The second kappa shape index (κ2) is 9.04. The Hall–Kier alpha value is -3.33. The number of alkyl halides is 3. The van der Waals surface area contributed by atoms with Gasteiger partial charge in [0.1, 0.15) is 0 Å². The van der Waals surface area contributed by atoms with Gasteiger partial charge in [-0.1, -0.05) is 30.3 Å². The number of sulfone groups is 1. The number of hydrogen-bond donors (Lipinski definition) is 2. The molecule has 1 atom stereocenters. The molecule has 32 heavy (non-hydrogen) atoms. The normalized spacial score (nSPS) is 12.8. The van der Waals surface area contributed by atoms with Gasteiger partial charge in [-0.25, -0.2) is 8.42 Å². The van der Waals surface area contributed by atoms with Gasteiger partial charge in [0.2, 0.25) is 0 Å². The molecule has 0 radical (unpaired) electrons. The van der Waals surface area contributed by atoms with Crippen molar-refractivity contribution in [1.82, 2.24) is 5.32 Å². The van der Waals surface area contributed by atoms with Crippen LogP contribution in [0.25, 0.3) is 0 Å². The summed E-state index contributed by atoms with van der Waals surface area (Å²) in [7, 11) is -3.33. The molecule has 168 valence electrons. The Labute approximate surface area is 184 Å². The lowest BCUT2D eigenvalue weighted by molar-refractivity contribution is -0.137. The van der Waals surface area contributed by atoms with Crippen LogP contribution in [-0.4, -0.2) is 20.6 Å². The first-order valence-corrected chi connectivity index (χ1v) is 11.5. The fourth-order valence-corrected chi connectivity index (χ4v) is 3.71. The smallest absolute Gasteiger partial charge is 0.355 e. The SMILES string of the molecule is CC(NC(=O)c1ccccc1Nc1cccc(C(F)(F)F)c1)c1ccc(S(C)(=O)=O)cc1. The molecule has 0 aliphatic rings. The number of benzene rings is 3. The molecule has 0 aliphatic heterocycles. The second-order valence-corrected chi connectivity index (χ2v) is 9.30. The Morgan fingerprint density at radius 3 is 2.22 bits per heavy atom. The van der Waals surface area contributed by atoms with Crippen LogP contribution in [0.5, 0.6) is 0 Å². The van der Waals surface area contributed by atoms with E-state index in [4.69, 9.17) is 0 Å². The van der Waals surface area contributed by atoms with E-state index in [0.29, 0.717) is 11.3 Å². The maximum Gasteiger partial charge on any atom is 0.416 e. The third-order valence-corrected chi connectivity index (χ3v) is 5.92. The average molecular weight is 462 g/mol. The van der Waals surface area contributed by atoms with Crippen LogP contribution in [0.15, 0.2) is 77.7 Å². The molecule has 3 aromatic rings. The molecule has 3 rings (SSSR count). The van der Waals surface area contributed by atoms with Crippen molar-refractivity contribution in [1.29, 1.82) is 0 Å². The predicted octanol–water partition coefficient (Wildman–Crippen LogP) is 5.34. The Balaban J connectivity index is 1.78. The summed E-state index contributed by atoms with van der Waals surface area (Å²) in [6.07, 6.45) is -3.36. The minimum Gasteiger partial charge on any atom is -0.355 e. The first kappa shape index (κ1) is 23.3. The first-order chi connectivity index (χ1) is 14.9. The molecule has 2 N–H and O–H groups in total. The van der Waals surface area contributed by atoms with Gasteiger partial charge in [-0.2, -0.15) is 13.2 Å². The summed E-state index contributed by atoms with van der Waals surface area (Å²) in [6, 6.07) is 16.9. The Kier molecular flexibility index (Phi) is 6.59. The number of carbonyl (C=O) groups is 1. The zero-order chi connectivity index (χ0) is 23.5. The molecule has 3 aromatic carbocycles. The van der Waals surface area contributed by atoms with Crippen molar-refractivity contribution in [2.45, 2.75) is 24.0 Å². The van der Waals surface area contributed by atoms with E-state index in [0.717, 1.165) is 18.4 Å². The molecule has 1 unspecified atom stereocenters. The number of anilines is 2. The molecular weight excluding hydrogens is 441 g/mol. The molecule has 0 saturated heterocycles. The number of para-hydroxylation sites is 1. The lowest BCUT2D eigenvalue weighted by Gasteiger charge is -2.17. The maximum atomic E-state index is 13.0.